The average molecular weight is 1040 g/mol. The molecule has 0 N–H and O–H groups in total. The molecular formula is C64H119F2NO6. The SMILES string of the molecule is CCCCCCCCCC(F)(CCCCCCCCC)CC(=O)OCC1(C)CC2CC(C)(COC(=O)CCCN(CC)CC)CC(COC(=O)CC(F)(CCCCCCCCC)CCCCCCCCC)(C2)C1. The Morgan fingerprint density at radius 1 is 0.438 bits per heavy atom. The number of carbonyl (C=O) groups excluding carboxylic acids is 3. The number of ether oxygens (including phenoxy) is 3. The number of fused-ring (bicyclic) bond motifs is 2. The van der Waals surface area contributed by atoms with Gasteiger partial charge in [-0.1, -0.05) is 235 Å². The van der Waals surface area contributed by atoms with E-state index in [4.69, 9.17) is 14.2 Å². The Hall–Kier alpha value is -1.77. The summed E-state index contributed by atoms with van der Waals surface area (Å²) in [4.78, 5) is 43.3. The molecule has 2 fully saturated rings. The van der Waals surface area contributed by atoms with Gasteiger partial charge in [0.25, 0.3) is 0 Å². The maximum atomic E-state index is 17.1. The van der Waals surface area contributed by atoms with Gasteiger partial charge in [0, 0.05) is 22.7 Å². The minimum Gasteiger partial charge on any atom is -0.465 e. The molecule has 2 rings (SSSR count). The molecule has 9 heteroatoms. The van der Waals surface area contributed by atoms with Crippen LogP contribution >= 0.6 is 0 Å². The molecule has 0 aromatic rings. The van der Waals surface area contributed by atoms with E-state index in [0.717, 1.165) is 122 Å². The molecule has 4 atom stereocenters. The van der Waals surface area contributed by atoms with Crippen LogP contribution in [0.15, 0.2) is 0 Å². The molecule has 0 aliphatic heterocycles. The fourth-order valence-corrected chi connectivity index (χ4v) is 13.4. The zero-order valence-corrected chi connectivity index (χ0v) is 49.5. The minimum absolute atomic E-state index is 0.161. The van der Waals surface area contributed by atoms with E-state index in [0.29, 0.717) is 51.6 Å². The zero-order valence-electron chi connectivity index (χ0n) is 49.5. The van der Waals surface area contributed by atoms with Crippen molar-refractivity contribution in [2.24, 2.45) is 22.2 Å². The highest BCUT2D eigenvalue weighted by atomic mass is 19.1. The molecule has 0 saturated heterocycles. The third-order valence-electron chi connectivity index (χ3n) is 17.2. The van der Waals surface area contributed by atoms with Crippen molar-refractivity contribution < 1.29 is 37.4 Å². The summed E-state index contributed by atoms with van der Waals surface area (Å²) in [5.41, 5.74) is -4.37. The third-order valence-corrected chi connectivity index (χ3v) is 17.2. The molecule has 2 saturated carbocycles. The van der Waals surface area contributed by atoms with E-state index in [2.05, 4.69) is 60.3 Å². The van der Waals surface area contributed by atoms with Crippen molar-refractivity contribution in [2.45, 2.75) is 330 Å². The Balaban J connectivity index is 2.25. The molecule has 0 amide bonds. The van der Waals surface area contributed by atoms with E-state index in [1.54, 1.807) is 0 Å². The maximum Gasteiger partial charge on any atom is 0.309 e. The van der Waals surface area contributed by atoms with Crippen molar-refractivity contribution in [3.63, 3.8) is 0 Å². The van der Waals surface area contributed by atoms with Crippen LogP contribution in [-0.2, 0) is 28.6 Å². The van der Waals surface area contributed by atoms with Crippen molar-refractivity contribution >= 4 is 17.9 Å². The lowest BCUT2D eigenvalue weighted by Crippen LogP contribution is -2.52. The van der Waals surface area contributed by atoms with Crippen LogP contribution in [0.5, 0.6) is 0 Å². The normalized spacial score (nSPS) is 21.2. The van der Waals surface area contributed by atoms with Gasteiger partial charge in [0.15, 0.2) is 0 Å². The lowest BCUT2D eigenvalue weighted by Gasteiger charge is -2.57. The minimum atomic E-state index is -1.59. The van der Waals surface area contributed by atoms with Crippen LogP contribution in [0.2, 0.25) is 0 Å². The van der Waals surface area contributed by atoms with Crippen LogP contribution in [0.4, 0.5) is 8.78 Å². The first-order valence-corrected chi connectivity index (χ1v) is 31.6. The van der Waals surface area contributed by atoms with Gasteiger partial charge in [0.2, 0.25) is 0 Å². The second kappa shape index (κ2) is 38.7. The maximum absolute atomic E-state index is 17.1. The van der Waals surface area contributed by atoms with Crippen LogP contribution < -0.4 is 0 Å². The number of hydrogen-bond donors (Lipinski definition) is 0. The molecular weight excluding hydrogens is 917 g/mol. The number of nitrogens with zero attached hydrogens (tertiary/aromatic N) is 1. The standard InChI is InChI=1S/C64H119F2NO6/c1-9-15-19-23-27-31-35-41-63(65,42-36-32-28-24-20-16-10-2)49-58(69)72-54-61(8)47-56-46-60(7,53-71-57(68)40-39-45-67(13-5)14-6)51-62(48-56,52-61)55-73-59(70)50-64(66,43-37-33-29-25-21-17-11-3)44-38-34-30-26-22-18-12-4/h56H,9-55H2,1-8H3. The fourth-order valence-electron chi connectivity index (χ4n) is 13.4. The van der Waals surface area contributed by atoms with E-state index >= 15 is 8.78 Å². The third kappa shape index (κ3) is 30.7. The molecule has 0 aromatic carbocycles. The summed E-state index contributed by atoms with van der Waals surface area (Å²) in [6, 6.07) is 0. The van der Waals surface area contributed by atoms with Gasteiger partial charge >= 0.3 is 17.9 Å². The van der Waals surface area contributed by atoms with Gasteiger partial charge in [-0.05, 0) is 89.8 Å². The van der Waals surface area contributed by atoms with E-state index < -0.39 is 34.1 Å². The Kier molecular flexibility index (Phi) is 35.7. The first kappa shape index (κ1) is 67.3. The van der Waals surface area contributed by atoms with Crippen LogP contribution in [0.1, 0.15) is 319 Å². The smallest absolute Gasteiger partial charge is 0.309 e. The first-order valence-electron chi connectivity index (χ1n) is 31.6. The number of hydrogen-bond acceptors (Lipinski definition) is 7. The van der Waals surface area contributed by atoms with Crippen molar-refractivity contribution in [2.75, 3.05) is 39.5 Å². The van der Waals surface area contributed by atoms with Crippen LogP contribution in [0, 0.1) is 22.2 Å². The number of unbranched alkanes of at least 4 members (excludes halogenated alkanes) is 24. The molecule has 2 aliphatic rings. The predicted octanol–water partition coefficient (Wildman–Crippen LogP) is 19.1. The highest BCUT2D eigenvalue weighted by Gasteiger charge is 2.55. The number of rotatable bonds is 48. The Morgan fingerprint density at radius 3 is 1.10 bits per heavy atom. The quantitative estimate of drug-likeness (QED) is 0.0341. The van der Waals surface area contributed by atoms with E-state index in [1.165, 1.54) is 103 Å². The zero-order chi connectivity index (χ0) is 53.7. The molecule has 4 unspecified atom stereocenters. The van der Waals surface area contributed by atoms with Gasteiger partial charge < -0.3 is 19.1 Å². The summed E-state index contributed by atoms with van der Waals surface area (Å²) in [5, 5.41) is 0. The summed E-state index contributed by atoms with van der Waals surface area (Å²) in [6.45, 7) is 21.0. The summed E-state index contributed by atoms with van der Waals surface area (Å²) in [7, 11) is 0. The summed E-state index contributed by atoms with van der Waals surface area (Å²) < 4.78 is 52.5. The van der Waals surface area contributed by atoms with Crippen LogP contribution in [-0.4, -0.2) is 73.6 Å². The van der Waals surface area contributed by atoms with E-state index in [9.17, 15) is 14.4 Å². The number of esters is 3. The molecule has 430 valence electrons. The Bertz CT molecular complexity index is 1390. The monoisotopic (exact) mass is 1040 g/mol. The van der Waals surface area contributed by atoms with Gasteiger partial charge in [-0.25, -0.2) is 8.78 Å². The molecule has 0 spiro atoms. The van der Waals surface area contributed by atoms with Crippen molar-refractivity contribution in [1.82, 2.24) is 4.90 Å². The lowest BCUT2D eigenvalue weighted by atomic mass is 9.49. The second-order valence-electron chi connectivity index (χ2n) is 25.2. The van der Waals surface area contributed by atoms with Crippen molar-refractivity contribution in [1.29, 1.82) is 0 Å². The topological polar surface area (TPSA) is 82.1 Å². The highest BCUT2D eigenvalue weighted by molar-refractivity contribution is 5.71. The largest absolute Gasteiger partial charge is 0.465 e. The molecule has 7 nitrogen and oxygen atoms in total. The number of halogens is 2. The second-order valence-corrected chi connectivity index (χ2v) is 25.2. The predicted molar refractivity (Wildman–Crippen MR) is 302 cm³/mol. The summed E-state index contributed by atoms with van der Waals surface area (Å²) in [5.74, 6) is -0.873. The Labute approximate surface area is 450 Å². The first-order chi connectivity index (χ1) is 35.0. The fraction of sp³-hybridized carbons (Fsp3) is 0.953. The molecule has 0 aromatic heterocycles. The Morgan fingerprint density at radius 2 is 0.753 bits per heavy atom. The van der Waals surface area contributed by atoms with Gasteiger partial charge in [-0.2, -0.15) is 0 Å². The van der Waals surface area contributed by atoms with Gasteiger partial charge in [0.1, 0.15) is 11.3 Å². The van der Waals surface area contributed by atoms with Crippen LogP contribution in [0.3, 0.4) is 0 Å². The van der Waals surface area contributed by atoms with E-state index in [1.807, 2.05) is 0 Å². The van der Waals surface area contributed by atoms with Gasteiger partial charge in [-0.15, -0.1) is 0 Å². The van der Waals surface area contributed by atoms with Crippen molar-refractivity contribution in [3.05, 3.63) is 0 Å². The number of carbonyl (C=O) groups is 3. The molecule has 2 aliphatic carbocycles. The van der Waals surface area contributed by atoms with E-state index in [-0.39, 0.29) is 43.4 Å². The van der Waals surface area contributed by atoms with Crippen LogP contribution in [0.25, 0.3) is 0 Å². The molecule has 0 heterocycles. The average Bonchev–Trinajstić information content (AvgIpc) is 3.34. The molecule has 2 bridgehead atoms. The van der Waals surface area contributed by atoms with Crippen molar-refractivity contribution in [3.8, 4) is 0 Å². The summed E-state index contributed by atoms with van der Waals surface area (Å²) >= 11 is 0. The van der Waals surface area contributed by atoms with Gasteiger partial charge in [-0.3, -0.25) is 14.4 Å². The molecule has 0 radical (unpaired) electrons. The van der Waals surface area contributed by atoms with Gasteiger partial charge in [0.05, 0.1) is 32.7 Å². The lowest BCUT2D eigenvalue weighted by molar-refractivity contribution is -0.170. The number of alkyl halides is 2. The summed E-state index contributed by atoms with van der Waals surface area (Å²) in [6.07, 6.45) is 37.1. The molecule has 73 heavy (non-hydrogen) atoms. The highest BCUT2D eigenvalue weighted by Crippen LogP contribution is 2.61.